The monoisotopic (exact) mass is 318 g/mol. The van der Waals surface area contributed by atoms with Crippen LogP contribution in [0.4, 0.5) is 0 Å². The molecule has 1 N–H and O–H groups in total. The van der Waals surface area contributed by atoms with Gasteiger partial charge in [0.2, 0.25) is 11.2 Å². The number of fused-ring (bicyclic) bond motifs is 2. The number of rotatable bonds is 2. The maximum absolute atomic E-state index is 12.5. The van der Waals surface area contributed by atoms with Crippen LogP contribution >= 0.6 is 0 Å². The molecule has 0 atom stereocenters. The Kier molecular flexibility index (Phi) is 3.24. The fraction of sp³-hybridized carbons (Fsp3) is 0.0500. The molecule has 0 bridgehead atoms. The highest BCUT2D eigenvalue weighted by molar-refractivity contribution is 5.89. The Labute approximate surface area is 137 Å². The molecule has 0 saturated carbocycles. The van der Waals surface area contributed by atoms with Gasteiger partial charge in [-0.2, -0.15) is 0 Å². The molecule has 118 valence electrons. The van der Waals surface area contributed by atoms with E-state index in [-0.39, 0.29) is 11.1 Å². The maximum atomic E-state index is 12.5. The van der Waals surface area contributed by atoms with E-state index >= 15 is 0 Å². The predicted octanol–water partition coefficient (Wildman–Crippen LogP) is 4.33. The molecule has 1 aromatic heterocycles. The second kappa shape index (κ2) is 5.42. The SMILES string of the molecule is COc1ccc2oc(-c3ccc4ccccc4c3)c(O)c(=O)c2c1. The zero-order valence-electron chi connectivity index (χ0n) is 12.9. The van der Waals surface area contributed by atoms with Gasteiger partial charge in [-0.25, -0.2) is 0 Å². The van der Waals surface area contributed by atoms with Crippen molar-refractivity contribution in [3.63, 3.8) is 0 Å². The molecule has 4 aromatic rings. The summed E-state index contributed by atoms with van der Waals surface area (Å²) in [4.78, 5) is 12.5. The van der Waals surface area contributed by atoms with Crippen molar-refractivity contribution < 1.29 is 14.3 Å². The number of ether oxygens (including phenoxy) is 1. The Balaban J connectivity index is 1.98. The van der Waals surface area contributed by atoms with Crippen LogP contribution in [-0.4, -0.2) is 12.2 Å². The van der Waals surface area contributed by atoms with Crippen molar-refractivity contribution in [3.05, 3.63) is 70.9 Å². The van der Waals surface area contributed by atoms with Gasteiger partial charge < -0.3 is 14.3 Å². The zero-order valence-corrected chi connectivity index (χ0v) is 12.9. The zero-order chi connectivity index (χ0) is 16.7. The van der Waals surface area contributed by atoms with Crippen LogP contribution in [0, 0.1) is 0 Å². The van der Waals surface area contributed by atoms with Gasteiger partial charge in [-0.1, -0.05) is 36.4 Å². The molecular weight excluding hydrogens is 304 g/mol. The third-order valence-corrected chi connectivity index (χ3v) is 4.09. The van der Waals surface area contributed by atoms with Crippen molar-refractivity contribution in [1.29, 1.82) is 0 Å². The first-order valence-corrected chi connectivity index (χ1v) is 7.50. The third-order valence-electron chi connectivity index (χ3n) is 4.09. The first-order valence-electron chi connectivity index (χ1n) is 7.50. The van der Waals surface area contributed by atoms with Crippen LogP contribution in [0.3, 0.4) is 0 Å². The van der Waals surface area contributed by atoms with Gasteiger partial charge in [0.15, 0.2) is 5.76 Å². The molecule has 4 heteroatoms. The molecule has 0 aliphatic heterocycles. The summed E-state index contributed by atoms with van der Waals surface area (Å²) in [5.74, 6) is 0.308. The Morgan fingerprint density at radius 2 is 1.75 bits per heavy atom. The van der Waals surface area contributed by atoms with Crippen LogP contribution in [0.5, 0.6) is 11.5 Å². The molecule has 0 saturated heterocycles. The van der Waals surface area contributed by atoms with E-state index < -0.39 is 11.2 Å². The van der Waals surface area contributed by atoms with Crippen molar-refractivity contribution in [1.82, 2.24) is 0 Å². The van der Waals surface area contributed by atoms with E-state index in [4.69, 9.17) is 9.15 Å². The minimum atomic E-state index is -0.474. The van der Waals surface area contributed by atoms with E-state index in [1.807, 2.05) is 42.5 Å². The minimum absolute atomic E-state index is 0.170. The van der Waals surface area contributed by atoms with E-state index in [1.54, 1.807) is 18.2 Å². The Morgan fingerprint density at radius 3 is 2.54 bits per heavy atom. The number of aromatic hydroxyl groups is 1. The lowest BCUT2D eigenvalue weighted by atomic mass is 10.0. The maximum Gasteiger partial charge on any atom is 0.235 e. The number of benzene rings is 3. The smallest absolute Gasteiger partial charge is 0.235 e. The average Bonchev–Trinajstić information content (AvgIpc) is 2.64. The van der Waals surface area contributed by atoms with Gasteiger partial charge in [-0.3, -0.25) is 4.79 Å². The summed E-state index contributed by atoms with van der Waals surface area (Å²) < 4.78 is 10.9. The van der Waals surface area contributed by atoms with Crippen molar-refractivity contribution in [3.8, 4) is 22.8 Å². The van der Waals surface area contributed by atoms with Gasteiger partial charge in [-0.05, 0) is 35.0 Å². The van der Waals surface area contributed by atoms with Gasteiger partial charge in [-0.15, -0.1) is 0 Å². The molecule has 0 amide bonds. The van der Waals surface area contributed by atoms with Crippen LogP contribution in [0.2, 0.25) is 0 Å². The van der Waals surface area contributed by atoms with Gasteiger partial charge in [0.25, 0.3) is 0 Å². The highest BCUT2D eigenvalue weighted by Gasteiger charge is 2.16. The molecule has 0 fully saturated rings. The van der Waals surface area contributed by atoms with Gasteiger partial charge in [0.1, 0.15) is 11.3 Å². The molecule has 0 radical (unpaired) electrons. The summed E-state index contributed by atoms with van der Waals surface area (Å²) in [6, 6.07) is 18.5. The summed E-state index contributed by atoms with van der Waals surface area (Å²) >= 11 is 0. The molecule has 0 spiro atoms. The number of methoxy groups -OCH3 is 1. The Bertz CT molecular complexity index is 1130. The van der Waals surface area contributed by atoms with Crippen molar-refractivity contribution in [2.24, 2.45) is 0 Å². The summed E-state index contributed by atoms with van der Waals surface area (Å²) in [5.41, 5.74) is 0.584. The van der Waals surface area contributed by atoms with E-state index in [0.29, 0.717) is 16.9 Å². The van der Waals surface area contributed by atoms with Crippen LogP contribution in [-0.2, 0) is 0 Å². The van der Waals surface area contributed by atoms with Gasteiger partial charge in [0, 0.05) is 5.56 Å². The molecule has 3 aromatic carbocycles. The number of hydrogen-bond donors (Lipinski definition) is 1. The average molecular weight is 318 g/mol. The summed E-state index contributed by atoms with van der Waals surface area (Å²) in [6.07, 6.45) is 0. The number of hydrogen-bond acceptors (Lipinski definition) is 4. The van der Waals surface area contributed by atoms with E-state index in [1.165, 1.54) is 7.11 Å². The largest absolute Gasteiger partial charge is 0.502 e. The second-order valence-electron chi connectivity index (χ2n) is 5.53. The molecule has 4 rings (SSSR count). The summed E-state index contributed by atoms with van der Waals surface area (Å²) in [6.45, 7) is 0. The van der Waals surface area contributed by atoms with E-state index in [0.717, 1.165) is 10.8 Å². The molecule has 1 heterocycles. The molecule has 4 nitrogen and oxygen atoms in total. The lowest BCUT2D eigenvalue weighted by molar-refractivity contribution is 0.414. The molecule has 0 aliphatic carbocycles. The van der Waals surface area contributed by atoms with Crippen molar-refractivity contribution >= 4 is 21.7 Å². The quantitative estimate of drug-likeness (QED) is 0.598. The lowest BCUT2D eigenvalue weighted by Crippen LogP contribution is -2.03. The van der Waals surface area contributed by atoms with Gasteiger partial charge >= 0.3 is 0 Å². The molecule has 0 aliphatic rings. The van der Waals surface area contributed by atoms with Crippen LogP contribution in [0.15, 0.2) is 69.9 Å². The minimum Gasteiger partial charge on any atom is -0.502 e. The fourth-order valence-electron chi connectivity index (χ4n) is 2.82. The molecule has 0 unspecified atom stereocenters. The van der Waals surface area contributed by atoms with E-state index in [9.17, 15) is 9.90 Å². The van der Waals surface area contributed by atoms with Gasteiger partial charge in [0.05, 0.1) is 12.5 Å². The lowest BCUT2D eigenvalue weighted by Gasteiger charge is -2.08. The second-order valence-corrected chi connectivity index (χ2v) is 5.53. The van der Waals surface area contributed by atoms with Crippen molar-refractivity contribution in [2.75, 3.05) is 7.11 Å². The molecular formula is C20H14O4. The Hall–Kier alpha value is -3.27. The third kappa shape index (κ3) is 2.20. The predicted molar refractivity (Wildman–Crippen MR) is 93.6 cm³/mol. The normalized spacial score (nSPS) is 11.0. The molecule has 24 heavy (non-hydrogen) atoms. The standard InChI is InChI=1S/C20H14O4/c1-23-15-8-9-17-16(11-15)18(21)19(22)20(24-17)14-7-6-12-4-2-3-5-13(12)10-14/h2-11,22H,1H3. The first kappa shape index (κ1) is 14.3. The van der Waals surface area contributed by atoms with Crippen molar-refractivity contribution in [2.45, 2.75) is 0 Å². The summed E-state index contributed by atoms with van der Waals surface area (Å²) in [5, 5.41) is 12.7. The van der Waals surface area contributed by atoms with E-state index in [2.05, 4.69) is 0 Å². The highest BCUT2D eigenvalue weighted by atomic mass is 16.5. The van der Waals surface area contributed by atoms with Crippen LogP contribution < -0.4 is 10.2 Å². The fourth-order valence-corrected chi connectivity index (χ4v) is 2.82. The highest BCUT2D eigenvalue weighted by Crippen LogP contribution is 2.32. The van der Waals surface area contributed by atoms with Crippen LogP contribution in [0.25, 0.3) is 33.1 Å². The Morgan fingerprint density at radius 1 is 0.958 bits per heavy atom. The van der Waals surface area contributed by atoms with Crippen LogP contribution in [0.1, 0.15) is 0 Å². The summed E-state index contributed by atoms with van der Waals surface area (Å²) in [7, 11) is 1.52. The first-order chi connectivity index (χ1) is 11.7. The topological polar surface area (TPSA) is 59.7 Å².